The summed E-state index contributed by atoms with van der Waals surface area (Å²) in [5.74, 6) is -1.41. The SMILES string of the molecule is Cc1nnc(NC(=O)c2ccc(C(F)(F)F)c(C[SH](=O)=O)c2C)o1. The zero-order chi connectivity index (χ0) is 18.1. The molecule has 0 saturated heterocycles. The molecule has 1 N–H and O–H groups in total. The molecule has 1 amide bonds. The normalized spacial score (nSPS) is 11.8. The molecular weight excluding hydrogens is 351 g/mol. The summed E-state index contributed by atoms with van der Waals surface area (Å²) in [4.78, 5) is 12.2. The molecule has 1 aromatic heterocycles. The van der Waals surface area contributed by atoms with E-state index in [9.17, 15) is 26.4 Å². The Morgan fingerprint density at radius 3 is 2.42 bits per heavy atom. The van der Waals surface area contributed by atoms with Crippen LogP contribution in [0.4, 0.5) is 19.2 Å². The van der Waals surface area contributed by atoms with E-state index in [1.54, 1.807) is 0 Å². The van der Waals surface area contributed by atoms with E-state index < -0.39 is 39.7 Å². The molecule has 0 bridgehead atoms. The summed E-state index contributed by atoms with van der Waals surface area (Å²) in [5, 5.41) is 9.29. The Kier molecular flexibility index (Phi) is 4.92. The van der Waals surface area contributed by atoms with Crippen LogP contribution in [0, 0.1) is 13.8 Å². The topological polar surface area (TPSA) is 102 Å². The fourth-order valence-electron chi connectivity index (χ4n) is 2.11. The lowest BCUT2D eigenvalue weighted by atomic mass is 9.97. The van der Waals surface area contributed by atoms with E-state index in [4.69, 9.17) is 4.42 Å². The first-order chi connectivity index (χ1) is 11.1. The Balaban J connectivity index is 2.46. The predicted octanol–water partition coefficient (Wildman–Crippen LogP) is 2.07. The van der Waals surface area contributed by atoms with E-state index in [0.29, 0.717) is 6.07 Å². The van der Waals surface area contributed by atoms with Crippen molar-refractivity contribution in [3.8, 4) is 0 Å². The Morgan fingerprint density at radius 2 is 1.92 bits per heavy atom. The van der Waals surface area contributed by atoms with Gasteiger partial charge in [-0.15, -0.1) is 5.10 Å². The van der Waals surface area contributed by atoms with Gasteiger partial charge in [0, 0.05) is 12.5 Å². The van der Waals surface area contributed by atoms with Gasteiger partial charge in [0.15, 0.2) is 0 Å². The molecule has 130 valence electrons. The second kappa shape index (κ2) is 6.59. The first kappa shape index (κ1) is 17.9. The fourth-order valence-corrected chi connectivity index (χ4v) is 2.78. The maximum Gasteiger partial charge on any atom is 0.416 e. The third kappa shape index (κ3) is 3.91. The van der Waals surface area contributed by atoms with E-state index >= 15 is 0 Å². The van der Waals surface area contributed by atoms with Crippen LogP contribution in [-0.2, 0) is 22.6 Å². The van der Waals surface area contributed by atoms with Crippen LogP contribution in [0.25, 0.3) is 0 Å². The van der Waals surface area contributed by atoms with Crippen LogP contribution < -0.4 is 5.32 Å². The van der Waals surface area contributed by atoms with Crippen molar-refractivity contribution < 1.29 is 30.8 Å². The number of halogens is 3. The van der Waals surface area contributed by atoms with E-state index in [1.165, 1.54) is 13.8 Å². The van der Waals surface area contributed by atoms with Gasteiger partial charge in [0.2, 0.25) is 5.89 Å². The number of nitrogens with one attached hydrogen (secondary N) is 1. The number of thiol groups is 1. The predicted molar refractivity (Wildman–Crippen MR) is 77.2 cm³/mol. The Hall–Kier alpha value is -2.43. The van der Waals surface area contributed by atoms with E-state index in [0.717, 1.165) is 6.07 Å². The Labute approximate surface area is 135 Å². The molecule has 0 atom stereocenters. The number of amides is 1. The third-order valence-corrected chi connectivity index (χ3v) is 3.76. The van der Waals surface area contributed by atoms with Crippen LogP contribution >= 0.6 is 0 Å². The van der Waals surface area contributed by atoms with Crippen LogP contribution in [0.3, 0.4) is 0 Å². The van der Waals surface area contributed by atoms with Gasteiger partial charge in [0.1, 0.15) is 10.7 Å². The van der Waals surface area contributed by atoms with Crippen molar-refractivity contribution in [1.82, 2.24) is 10.2 Å². The van der Waals surface area contributed by atoms with Crippen LogP contribution in [0.5, 0.6) is 0 Å². The lowest BCUT2D eigenvalue weighted by Crippen LogP contribution is -2.18. The Morgan fingerprint density at radius 1 is 1.25 bits per heavy atom. The number of hydrogen-bond donors (Lipinski definition) is 2. The van der Waals surface area contributed by atoms with E-state index in [1.807, 2.05) is 0 Å². The fraction of sp³-hybridized carbons (Fsp3) is 0.308. The highest BCUT2D eigenvalue weighted by Gasteiger charge is 2.35. The highest BCUT2D eigenvalue weighted by molar-refractivity contribution is 7.71. The molecule has 0 saturated carbocycles. The van der Waals surface area contributed by atoms with Crippen molar-refractivity contribution in [3.05, 3.63) is 40.3 Å². The minimum absolute atomic E-state index is 0.0854. The molecule has 0 spiro atoms. The van der Waals surface area contributed by atoms with E-state index in [-0.39, 0.29) is 23.0 Å². The molecule has 1 aromatic carbocycles. The number of aryl methyl sites for hydroxylation is 1. The minimum Gasteiger partial charge on any atom is -0.408 e. The summed E-state index contributed by atoms with van der Waals surface area (Å²) in [6, 6.07) is 1.43. The average Bonchev–Trinajstić information content (AvgIpc) is 2.84. The number of aromatic nitrogens is 2. The van der Waals surface area contributed by atoms with Gasteiger partial charge in [-0.25, -0.2) is 8.42 Å². The standard InChI is InChI=1S/C13H12F3N3O4S/c1-6-8(11(20)17-12-19-18-7(2)23-12)3-4-10(13(14,15)16)9(6)5-24(21)22/h3-4,24H,5H2,1-2H3,(H,17,19,20). The molecule has 11 heteroatoms. The molecule has 2 rings (SSSR count). The zero-order valence-electron chi connectivity index (χ0n) is 12.5. The zero-order valence-corrected chi connectivity index (χ0v) is 13.4. The van der Waals surface area contributed by atoms with Gasteiger partial charge < -0.3 is 4.42 Å². The summed E-state index contributed by atoms with van der Waals surface area (Å²) in [7, 11) is -3.11. The molecule has 0 radical (unpaired) electrons. The summed E-state index contributed by atoms with van der Waals surface area (Å²) >= 11 is 0. The first-order valence-electron chi connectivity index (χ1n) is 6.52. The van der Waals surface area contributed by atoms with Gasteiger partial charge in [0.25, 0.3) is 5.91 Å². The Bertz CT molecular complexity index is 851. The van der Waals surface area contributed by atoms with E-state index in [2.05, 4.69) is 15.5 Å². The van der Waals surface area contributed by atoms with Gasteiger partial charge in [0.05, 0.1) is 11.3 Å². The summed E-state index contributed by atoms with van der Waals surface area (Å²) < 4.78 is 65.9. The molecule has 0 fully saturated rings. The number of hydrogen-bond acceptors (Lipinski definition) is 6. The molecule has 0 unspecified atom stereocenters. The number of alkyl halides is 3. The molecule has 2 aromatic rings. The summed E-state index contributed by atoms with van der Waals surface area (Å²) in [5.41, 5.74) is -1.76. The minimum atomic E-state index is -4.73. The van der Waals surface area contributed by atoms with Crippen molar-refractivity contribution in [2.24, 2.45) is 0 Å². The molecule has 0 aliphatic carbocycles. The van der Waals surface area contributed by atoms with Crippen molar-refractivity contribution in [2.75, 3.05) is 5.32 Å². The van der Waals surface area contributed by atoms with Crippen molar-refractivity contribution in [1.29, 1.82) is 0 Å². The molecule has 0 aliphatic rings. The smallest absolute Gasteiger partial charge is 0.408 e. The number of anilines is 1. The lowest BCUT2D eigenvalue weighted by molar-refractivity contribution is -0.138. The van der Waals surface area contributed by atoms with Gasteiger partial charge in [-0.2, -0.15) is 13.2 Å². The lowest BCUT2D eigenvalue weighted by Gasteiger charge is -2.16. The van der Waals surface area contributed by atoms with Crippen LogP contribution in [0.1, 0.15) is 32.9 Å². The van der Waals surface area contributed by atoms with Crippen LogP contribution in [-0.4, -0.2) is 24.5 Å². The van der Waals surface area contributed by atoms with Crippen molar-refractivity contribution in [3.63, 3.8) is 0 Å². The highest BCUT2D eigenvalue weighted by atomic mass is 32.2. The van der Waals surface area contributed by atoms with Gasteiger partial charge in [-0.1, -0.05) is 5.10 Å². The maximum absolute atomic E-state index is 13.0. The number of rotatable bonds is 4. The quantitative estimate of drug-likeness (QED) is 0.807. The highest BCUT2D eigenvalue weighted by Crippen LogP contribution is 2.35. The third-order valence-electron chi connectivity index (χ3n) is 3.18. The summed E-state index contributed by atoms with van der Waals surface area (Å²) in [6.45, 7) is 2.74. The number of benzene rings is 1. The monoisotopic (exact) mass is 363 g/mol. The van der Waals surface area contributed by atoms with Gasteiger partial charge in [-0.05, 0) is 30.2 Å². The first-order valence-corrected chi connectivity index (χ1v) is 7.88. The molecule has 7 nitrogen and oxygen atoms in total. The van der Waals surface area contributed by atoms with Gasteiger partial charge in [-0.3, -0.25) is 10.1 Å². The largest absolute Gasteiger partial charge is 0.416 e. The maximum atomic E-state index is 13.0. The molecule has 0 aliphatic heterocycles. The number of carbonyl (C=O) groups is 1. The number of carbonyl (C=O) groups excluding carboxylic acids is 1. The van der Waals surface area contributed by atoms with Crippen molar-refractivity contribution >= 4 is 22.6 Å². The molecular formula is C13H12F3N3O4S. The molecule has 24 heavy (non-hydrogen) atoms. The second-order valence-corrected chi connectivity index (χ2v) is 5.81. The van der Waals surface area contributed by atoms with Crippen LogP contribution in [0.2, 0.25) is 0 Å². The van der Waals surface area contributed by atoms with Crippen molar-refractivity contribution in [2.45, 2.75) is 25.8 Å². The van der Waals surface area contributed by atoms with Crippen LogP contribution in [0.15, 0.2) is 16.5 Å². The second-order valence-electron chi connectivity index (χ2n) is 4.83. The molecule has 1 heterocycles. The van der Waals surface area contributed by atoms with Gasteiger partial charge >= 0.3 is 12.2 Å². The number of nitrogens with zero attached hydrogens (tertiary/aromatic N) is 2. The average molecular weight is 363 g/mol. The summed E-state index contributed by atoms with van der Waals surface area (Å²) in [6.07, 6.45) is -4.73.